The Morgan fingerprint density at radius 2 is 1.54 bits per heavy atom. The van der Waals surface area contributed by atoms with Crippen molar-refractivity contribution in [2.45, 2.75) is 64.6 Å². The third kappa shape index (κ3) is 7.14. The zero-order chi connectivity index (χ0) is 21.4. The van der Waals surface area contributed by atoms with Crippen LogP contribution in [0.5, 0.6) is 0 Å². The molecule has 0 aromatic carbocycles. The average molecular weight is 404 g/mol. The summed E-state index contributed by atoms with van der Waals surface area (Å²) in [5, 5.41) is 0. The van der Waals surface area contributed by atoms with Crippen LogP contribution in [0.3, 0.4) is 0 Å². The van der Waals surface area contributed by atoms with E-state index in [1.165, 1.54) is 0 Å². The Balaban J connectivity index is 3.27. The molecular weight excluding hydrogens is 380 g/mol. The number of carbonyl (C=O) groups is 5. The molecule has 0 radical (unpaired) electrons. The lowest BCUT2D eigenvalue weighted by Gasteiger charge is -2.41. The van der Waals surface area contributed by atoms with E-state index in [-0.39, 0.29) is 6.42 Å². The van der Waals surface area contributed by atoms with E-state index < -0.39 is 67.0 Å². The molecule has 0 spiro atoms. The summed E-state index contributed by atoms with van der Waals surface area (Å²) in [6, 6.07) is 0. The molecular formula is C17H24O11. The molecule has 0 aromatic heterocycles. The first-order valence-electron chi connectivity index (χ1n) is 8.43. The molecule has 158 valence electrons. The van der Waals surface area contributed by atoms with Gasteiger partial charge in [-0.1, -0.05) is 0 Å². The smallest absolute Gasteiger partial charge is 0.335 e. The summed E-state index contributed by atoms with van der Waals surface area (Å²) in [6.45, 7) is 4.10. The summed E-state index contributed by atoms with van der Waals surface area (Å²) in [6.07, 6.45) is -6.16. The lowest BCUT2D eigenvalue weighted by atomic mass is 9.94. The number of methoxy groups -OCH3 is 1. The van der Waals surface area contributed by atoms with Gasteiger partial charge in [0.25, 0.3) is 0 Å². The van der Waals surface area contributed by atoms with E-state index in [0.29, 0.717) is 0 Å². The Morgan fingerprint density at radius 3 is 2.00 bits per heavy atom. The molecule has 0 N–H and O–H groups in total. The molecule has 1 saturated heterocycles. The van der Waals surface area contributed by atoms with E-state index in [2.05, 4.69) is 4.74 Å². The van der Waals surface area contributed by atoms with Crippen molar-refractivity contribution >= 4 is 29.8 Å². The third-order valence-corrected chi connectivity index (χ3v) is 3.68. The SMILES string of the molecule is COC(=O)[C@@H]1C[C@@H](OC(C)=O)[C@@H](OC(C)=O)[C@@H]([C@@H](COC(C)=O)OC(C)=O)O1. The lowest BCUT2D eigenvalue weighted by molar-refractivity contribution is -0.234. The molecule has 0 aromatic rings. The summed E-state index contributed by atoms with van der Waals surface area (Å²) in [7, 11) is 1.14. The second kappa shape index (κ2) is 10.6. The maximum Gasteiger partial charge on any atom is 0.335 e. The normalized spacial score (nSPS) is 25.0. The summed E-state index contributed by atoms with van der Waals surface area (Å²) in [5.74, 6) is -3.56. The molecule has 0 saturated carbocycles. The van der Waals surface area contributed by atoms with Crippen LogP contribution in [-0.4, -0.2) is 74.1 Å². The predicted octanol–water partition coefficient (Wildman–Crippen LogP) is -0.325. The van der Waals surface area contributed by atoms with E-state index in [9.17, 15) is 24.0 Å². The van der Waals surface area contributed by atoms with Crippen LogP contribution in [0.4, 0.5) is 0 Å². The fraction of sp³-hybridized carbons (Fsp3) is 0.706. The second-order valence-corrected chi connectivity index (χ2v) is 6.02. The number of esters is 5. The van der Waals surface area contributed by atoms with Crippen LogP contribution in [0.2, 0.25) is 0 Å². The van der Waals surface area contributed by atoms with Gasteiger partial charge in [0.15, 0.2) is 18.3 Å². The van der Waals surface area contributed by atoms with Gasteiger partial charge in [-0.2, -0.15) is 0 Å². The van der Waals surface area contributed by atoms with Gasteiger partial charge in [-0.05, 0) is 0 Å². The van der Waals surface area contributed by atoms with Crippen molar-refractivity contribution in [3.63, 3.8) is 0 Å². The number of carbonyl (C=O) groups excluding carboxylic acids is 5. The van der Waals surface area contributed by atoms with E-state index in [1.54, 1.807) is 0 Å². The zero-order valence-corrected chi connectivity index (χ0v) is 16.3. The topological polar surface area (TPSA) is 141 Å². The average Bonchev–Trinajstić information content (AvgIpc) is 2.57. The van der Waals surface area contributed by atoms with Crippen LogP contribution in [0.15, 0.2) is 0 Å². The fourth-order valence-corrected chi connectivity index (χ4v) is 2.73. The molecule has 1 rings (SSSR count). The van der Waals surface area contributed by atoms with Crippen LogP contribution in [-0.2, 0) is 52.4 Å². The quantitative estimate of drug-likeness (QED) is 0.407. The van der Waals surface area contributed by atoms with Crippen molar-refractivity contribution in [2.75, 3.05) is 13.7 Å². The first-order valence-corrected chi connectivity index (χ1v) is 8.43. The molecule has 1 fully saturated rings. The van der Waals surface area contributed by atoms with Crippen LogP contribution < -0.4 is 0 Å². The van der Waals surface area contributed by atoms with Gasteiger partial charge >= 0.3 is 29.8 Å². The standard InChI is InChI=1S/C17H24O11/c1-8(18)24-7-14(26-10(3)20)16-15(27-11(4)21)12(25-9(2)19)6-13(28-16)17(22)23-5/h12-16H,6-7H2,1-5H3/t12-,13+,14-,15-,16-/m1/s1. The highest BCUT2D eigenvalue weighted by atomic mass is 16.6. The number of hydrogen-bond acceptors (Lipinski definition) is 11. The van der Waals surface area contributed by atoms with Gasteiger partial charge < -0.3 is 28.4 Å². The minimum Gasteiger partial charge on any atom is -0.467 e. The van der Waals surface area contributed by atoms with Crippen LogP contribution >= 0.6 is 0 Å². The van der Waals surface area contributed by atoms with E-state index >= 15 is 0 Å². The highest BCUT2D eigenvalue weighted by molar-refractivity contribution is 5.75. The second-order valence-electron chi connectivity index (χ2n) is 6.02. The van der Waals surface area contributed by atoms with Gasteiger partial charge in [-0.25, -0.2) is 4.79 Å². The zero-order valence-electron chi connectivity index (χ0n) is 16.3. The maximum atomic E-state index is 12.0. The number of rotatable bonds is 7. The number of ether oxygens (including phenoxy) is 6. The third-order valence-electron chi connectivity index (χ3n) is 3.68. The van der Waals surface area contributed by atoms with Crippen molar-refractivity contribution in [1.29, 1.82) is 0 Å². The summed E-state index contributed by atoms with van der Waals surface area (Å²) < 4.78 is 30.8. The molecule has 5 atom stereocenters. The summed E-state index contributed by atoms with van der Waals surface area (Å²) in [5.41, 5.74) is 0. The minimum atomic E-state index is -1.27. The lowest BCUT2D eigenvalue weighted by Crippen LogP contribution is -2.59. The van der Waals surface area contributed by atoms with Gasteiger partial charge in [0, 0.05) is 34.1 Å². The van der Waals surface area contributed by atoms with Crippen molar-refractivity contribution in [3.05, 3.63) is 0 Å². The largest absolute Gasteiger partial charge is 0.467 e. The summed E-state index contributed by atoms with van der Waals surface area (Å²) >= 11 is 0. The molecule has 1 aliphatic heterocycles. The van der Waals surface area contributed by atoms with Crippen LogP contribution in [0.1, 0.15) is 34.1 Å². The fourth-order valence-electron chi connectivity index (χ4n) is 2.73. The first-order chi connectivity index (χ1) is 13.0. The number of hydrogen-bond donors (Lipinski definition) is 0. The van der Waals surface area contributed by atoms with Crippen molar-refractivity contribution < 1.29 is 52.4 Å². The Morgan fingerprint density at radius 1 is 0.929 bits per heavy atom. The Kier molecular flexibility index (Phi) is 8.83. The predicted molar refractivity (Wildman–Crippen MR) is 88.6 cm³/mol. The molecule has 0 unspecified atom stereocenters. The van der Waals surface area contributed by atoms with E-state index in [1.807, 2.05) is 0 Å². The minimum absolute atomic E-state index is 0.152. The van der Waals surface area contributed by atoms with Crippen LogP contribution in [0.25, 0.3) is 0 Å². The van der Waals surface area contributed by atoms with Gasteiger partial charge in [0.1, 0.15) is 18.8 Å². The first kappa shape index (κ1) is 23.3. The molecule has 11 nitrogen and oxygen atoms in total. The highest BCUT2D eigenvalue weighted by Gasteiger charge is 2.50. The summed E-state index contributed by atoms with van der Waals surface area (Å²) in [4.78, 5) is 57.7. The van der Waals surface area contributed by atoms with Crippen molar-refractivity contribution in [3.8, 4) is 0 Å². The monoisotopic (exact) mass is 404 g/mol. The van der Waals surface area contributed by atoms with Gasteiger partial charge in [-0.3, -0.25) is 19.2 Å². The Bertz CT molecular complexity index is 614. The van der Waals surface area contributed by atoms with Crippen molar-refractivity contribution in [1.82, 2.24) is 0 Å². The Hall–Kier alpha value is -2.69. The molecule has 1 heterocycles. The Labute approximate surface area is 161 Å². The molecule has 0 aliphatic carbocycles. The molecule has 0 bridgehead atoms. The van der Waals surface area contributed by atoms with Gasteiger partial charge in [-0.15, -0.1) is 0 Å². The molecule has 1 aliphatic rings. The van der Waals surface area contributed by atoms with Gasteiger partial charge in [0.05, 0.1) is 7.11 Å². The van der Waals surface area contributed by atoms with Crippen molar-refractivity contribution in [2.24, 2.45) is 0 Å². The van der Waals surface area contributed by atoms with Crippen LogP contribution in [0, 0.1) is 0 Å². The van der Waals surface area contributed by atoms with E-state index in [4.69, 9.17) is 23.7 Å². The maximum absolute atomic E-state index is 12.0. The van der Waals surface area contributed by atoms with E-state index in [0.717, 1.165) is 34.8 Å². The molecule has 28 heavy (non-hydrogen) atoms. The van der Waals surface area contributed by atoms with Gasteiger partial charge in [0.2, 0.25) is 0 Å². The molecule has 11 heteroatoms. The highest BCUT2D eigenvalue weighted by Crippen LogP contribution is 2.29. The molecule has 0 amide bonds.